The van der Waals surface area contributed by atoms with E-state index < -0.39 is 0 Å². The van der Waals surface area contributed by atoms with Crippen molar-refractivity contribution in [3.63, 3.8) is 0 Å². The average Bonchev–Trinajstić information content (AvgIpc) is 3.61. The summed E-state index contributed by atoms with van der Waals surface area (Å²) in [5, 5.41) is 20.1. The van der Waals surface area contributed by atoms with Crippen LogP contribution in [0.2, 0.25) is 0 Å². The summed E-state index contributed by atoms with van der Waals surface area (Å²) in [6, 6.07) is 16.3. The maximum absolute atomic E-state index is 12.7. The Kier molecular flexibility index (Phi) is 6.37. The molecule has 0 unspecified atom stereocenters. The van der Waals surface area contributed by atoms with Gasteiger partial charge in [-0.2, -0.15) is 9.61 Å². The number of ether oxygens (including phenoxy) is 1. The number of carbonyl (C=O) groups excluding carboxylic acids is 1. The second-order valence-electron chi connectivity index (χ2n) is 10.3. The van der Waals surface area contributed by atoms with Gasteiger partial charge in [0.1, 0.15) is 11.5 Å². The standard InChI is InChI=1S/C29H30N8O3/c1-20-26(27(33-40-20)21-5-3-2-4-6-21)29-32-31-28-24-17-23(8-7-22(24)18-30-37(28)29)35-11-9-34(10-12-35)19-25(38)36-13-15-39-16-14-36/h2-8,17-18H,9-16,19H2,1H3. The van der Waals surface area contributed by atoms with E-state index in [4.69, 9.17) is 9.26 Å². The van der Waals surface area contributed by atoms with Gasteiger partial charge in [0.25, 0.3) is 0 Å². The molecule has 11 heteroatoms. The molecule has 2 fully saturated rings. The highest BCUT2D eigenvalue weighted by atomic mass is 16.5. The quantitative estimate of drug-likeness (QED) is 0.334. The minimum atomic E-state index is 0.193. The Morgan fingerprint density at radius 1 is 0.950 bits per heavy atom. The number of carbonyl (C=O) groups is 1. The molecule has 2 aromatic carbocycles. The van der Waals surface area contributed by atoms with E-state index in [0.717, 1.165) is 53.8 Å². The SMILES string of the molecule is Cc1onc(-c2ccccc2)c1-c1nnc2c3cc(N4CCN(CC(=O)N5CCOCC5)CC4)ccc3cnn12. The molecule has 0 N–H and O–H groups in total. The highest BCUT2D eigenvalue weighted by Crippen LogP contribution is 2.34. The maximum atomic E-state index is 12.7. The van der Waals surface area contributed by atoms with Crippen LogP contribution < -0.4 is 4.90 Å². The number of aromatic nitrogens is 5. The van der Waals surface area contributed by atoms with Gasteiger partial charge in [0.05, 0.1) is 31.5 Å². The molecule has 7 rings (SSSR count). The van der Waals surface area contributed by atoms with Gasteiger partial charge < -0.3 is 19.1 Å². The fourth-order valence-corrected chi connectivity index (χ4v) is 5.58. The molecule has 0 bridgehead atoms. The summed E-state index contributed by atoms with van der Waals surface area (Å²) in [6.07, 6.45) is 1.85. The lowest BCUT2D eigenvalue weighted by atomic mass is 10.1. The molecule has 0 radical (unpaired) electrons. The Bertz CT molecular complexity index is 1670. The highest BCUT2D eigenvalue weighted by Gasteiger charge is 2.25. The number of amides is 1. The molecule has 2 aliphatic heterocycles. The summed E-state index contributed by atoms with van der Waals surface area (Å²) in [5.74, 6) is 1.45. The number of rotatable bonds is 5. The van der Waals surface area contributed by atoms with E-state index in [2.05, 4.69) is 48.5 Å². The molecule has 0 atom stereocenters. The number of piperazine rings is 1. The molecule has 1 amide bonds. The van der Waals surface area contributed by atoms with Gasteiger partial charge in [-0.05, 0) is 19.1 Å². The van der Waals surface area contributed by atoms with Gasteiger partial charge in [-0.25, -0.2) is 0 Å². The molecule has 204 valence electrons. The number of anilines is 1. The predicted octanol–water partition coefficient (Wildman–Crippen LogP) is 2.89. The first-order valence-corrected chi connectivity index (χ1v) is 13.6. The summed E-state index contributed by atoms with van der Waals surface area (Å²) < 4.78 is 12.7. The van der Waals surface area contributed by atoms with Crippen LogP contribution in [-0.4, -0.2) is 99.7 Å². The summed E-state index contributed by atoms with van der Waals surface area (Å²) >= 11 is 0. The third-order valence-electron chi connectivity index (χ3n) is 7.82. The van der Waals surface area contributed by atoms with Gasteiger partial charge in [0, 0.05) is 61.3 Å². The number of hydrogen-bond acceptors (Lipinski definition) is 9. The third-order valence-corrected chi connectivity index (χ3v) is 7.82. The summed E-state index contributed by atoms with van der Waals surface area (Å²) in [5.41, 5.74) is 4.25. The van der Waals surface area contributed by atoms with Crippen molar-refractivity contribution in [3.05, 3.63) is 60.5 Å². The third kappa shape index (κ3) is 4.46. The first-order chi connectivity index (χ1) is 19.7. The number of nitrogens with zero attached hydrogens (tertiary/aromatic N) is 8. The van der Waals surface area contributed by atoms with Crippen molar-refractivity contribution in [3.8, 4) is 22.6 Å². The number of benzene rings is 2. The number of morpholine rings is 1. The van der Waals surface area contributed by atoms with Crippen LogP contribution in [0.4, 0.5) is 5.69 Å². The van der Waals surface area contributed by atoms with Crippen LogP contribution in [0.5, 0.6) is 0 Å². The maximum Gasteiger partial charge on any atom is 0.236 e. The normalized spacial score (nSPS) is 16.7. The smallest absolute Gasteiger partial charge is 0.236 e. The Hall–Kier alpha value is -4.35. The second kappa shape index (κ2) is 10.3. The zero-order chi connectivity index (χ0) is 27.1. The molecule has 0 aliphatic carbocycles. The van der Waals surface area contributed by atoms with Crippen molar-refractivity contribution in [2.45, 2.75) is 6.92 Å². The van der Waals surface area contributed by atoms with Crippen molar-refractivity contribution in [2.24, 2.45) is 0 Å². The van der Waals surface area contributed by atoms with Crippen molar-refractivity contribution in [2.75, 3.05) is 63.9 Å². The van der Waals surface area contributed by atoms with E-state index in [0.29, 0.717) is 55.8 Å². The largest absolute Gasteiger partial charge is 0.378 e. The number of hydrogen-bond donors (Lipinski definition) is 0. The van der Waals surface area contributed by atoms with E-state index in [1.807, 2.05) is 48.4 Å². The topological polar surface area (TPSA) is 105 Å². The van der Waals surface area contributed by atoms with Gasteiger partial charge in [-0.15, -0.1) is 10.2 Å². The van der Waals surface area contributed by atoms with Crippen molar-refractivity contribution in [1.29, 1.82) is 0 Å². The van der Waals surface area contributed by atoms with Gasteiger partial charge in [0.15, 0.2) is 11.5 Å². The first-order valence-electron chi connectivity index (χ1n) is 13.6. The second-order valence-corrected chi connectivity index (χ2v) is 10.3. The van der Waals surface area contributed by atoms with E-state index in [-0.39, 0.29) is 5.91 Å². The lowest BCUT2D eigenvalue weighted by Crippen LogP contribution is -2.51. The average molecular weight is 539 g/mol. The molecular formula is C29H30N8O3. The van der Waals surface area contributed by atoms with Crippen LogP contribution in [-0.2, 0) is 9.53 Å². The van der Waals surface area contributed by atoms with E-state index >= 15 is 0 Å². The summed E-state index contributed by atoms with van der Waals surface area (Å²) in [4.78, 5) is 19.2. The molecule has 40 heavy (non-hydrogen) atoms. The Morgan fingerprint density at radius 3 is 2.55 bits per heavy atom. The van der Waals surface area contributed by atoms with E-state index in [9.17, 15) is 4.79 Å². The highest BCUT2D eigenvalue weighted by molar-refractivity contribution is 5.96. The lowest BCUT2D eigenvalue weighted by Gasteiger charge is -2.37. The van der Waals surface area contributed by atoms with Crippen molar-refractivity contribution < 1.29 is 14.1 Å². The molecular weight excluding hydrogens is 508 g/mol. The Morgan fingerprint density at radius 2 is 1.75 bits per heavy atom. The van der Waals surface area contributed by atoms with Gasteiger partial charge >= 0.3 is 0 Å². The predicted molar refractivity (Wildman–Crippen MR) is 150 cm³/mol. The van der Waals surface area contributed by atoms with E-state index in [1.165, 1.54) is 0 Å². The molecule has 2 saturated heterocycles. The molecule has 5 aromatic rings. The Labute approximate surface area is 230 Å². The van der Waals surface area contributed by atoms with Gasteiger partial charge in [0.2, 0.25) is 5.91 Å². The van der Waals surface area contributed by atoms with Crippen LogP contribution >= 0.6 is 0 Å². The minimum absolute atomic E-state index is 0.193. The summed E-state index contributed by atoms with van der Waals surface area (Å²) in [7, 11) is 0. The van der Waals surface area contributed by atoms with Crippen LogP contribution in [0.3, 0.4) is 0 Å². The monoisotopic (exact) mass is 538 g/mol. The number of fused-ring (bicyclic) bond motifs is 3. The van der Waals surface area contributed by atoms with Gasteiger partial charge in [-0.3, -0.25) is 9.69 Å². The fourth-order valence-electron chi connectivity index (χ4n) is 5.58. The lowest BCUT2D eigenvalue weighted by molar-refractivity contribution is -0.136. The van der Waals surface area contributed by atoms with Crippen LogP contribution in [0.1, 0.15) is 5.76 Å². The van der Waals surface area contributed by atoms with Crippen molar-refractivity contribution in [1.82, 2.24) is 34.8 Å². The van der Waals surface area contributed by atoms with Gasteiger partial charge in [-0.1, -0.05) is 41.6 Å². The van der Waals surface area contributed by atoms with Crippen LogP contribution in [0, 0.1) is 6.92 Å². The van der Waals surface area contributed by atoms with Crippen molar-refractivity contribution >= 4 is 28.0 Å². The van der Waals surface area contributed by atoms with E-state index in [1.54, 1.807) is 4.52 Å². The number of aryl methyl sites for hydroxylation is 1. The van der Waals surface area contributed by atoms with Crippen LogP contribution in [0.25, 0.3) is 39.1 Å². The molecule has 0 saturated carbocycles. The minimum Gasteiger partial charge on any atom is -0.378 e. The molecule has 11 nitrogen and oxygen atoms in total. The molecule has 2 aliphatic rings. The Balaban J connectivity index is 1.14. The first kappa shape index (κ1) is 24.7. The molecule has 5 heterocycles. The zero-order valence-electron chi connectivity index (χ0n) is 22.4. The summed E-state index contributed by atoms with van der Waals surface area (Å²) in [6.45, 7) is 8.35. The fraction of sp³-hybridized carbons (Fsp3) is 0.345. The van der Waals surface area contributed by atoms with Crippen LogP contribution in [0.15, 0.2) is 59.3 Å². The molecule has 0 spiro atoms. The molecule has 3 aromatic heterocycles. The zero-order valence-corrected chi connectivity index (χ0v) is 22.4.